The van der Waals surface area contributed by atoms with Gasteiger partial charge in [0.25, 0.3) is 0 Å². The topological polar surface area (TPSA) is 78.7 Å². The Morgan fingerprint density at radius 2 is 2.00 bits per heavy atom. The van der Waals surface area contributed by atoms with E-state index in [0.717, 1.165) is 35.1 Å². The van der Waals surface area contributed by atoms with Gasteiger partial charge in [-0.25, -0.2) is 13.9 Å². The van der Waals surface area contributed by atoms with Crippen molar-refractivity contribution >= 4 is 35.2 Å². The molecule has 0 aliphatic carbocycles. The van der Waals surface area contributed by atoms with Gasteiger partial charge in [0.05, 0.1) is 42.6 Å². The number of amides is 1. The van der Waals surface area contributed by atoms with Crippen molar-refractivity contribution in [3.05, 3.63) is 48.0 Å². The minimum atomic E-state index is -0.794. The summed E-state index contributed by atoms with van der Waals surface area (Å²) in [6.07, 6.45) is 7.10. The second-order valence-electron chi connectivity index (χ2n) is 7.52. The Morgan fingerprint density at radius 1 is 1.07 bits per heavy atom. The summed E-state index contributed by atoms with van der Waals surface area (Å²) in [5.41, 5.74) is 3.29. The molecule has 0 radical (unpaired) electrons. The molecule has 2 aliphatic heterocycles. The fourth-order valence-electron chi connectivity index (χ4n) is 3.80. The molecule has 30 heavy (non-hydrogen) atoms. The molecule has 0 aromatic carbocycles. The largest absolute Gasteiger partial charge is 0.359 e. The van der Waals surface area contributed by atoms with Crippen LogP contribution in [0.15, 0.2) is 36.7 Å². The van der Waals surface area contributed by atoms with Crippen molar-refractivity contribution in [2.24, 2.45) is 0 Å². The van der Waals surface area contributed by atoms with Crippen molar-refractivity contribution in [3.8, 4) is 0 Å². The van der Waals surface area contributed by atoms with E-state index < -0.39 is 6.17 Å². The first-order valence-electron chi connectivity index (χ1n) is 10.1. The monoisotopic (exact) mass is 407 g/mol. The summed E-state index contributed by atoms with van der Waals surface area (Å²) in [5, 5.41) is 7.46. The number of carbonyl (C=O) groups is 1. The zero-order valence-corrected chi connectivity index (χ0v) is 16.4. The quantitative estimate of drug-likeness (QED) is 0.710. The first-order valence-corrected chi connectivity index (χ1v) is 10.1. The molecule has 3 aromatic heterocycles. The molecule has 5 rings (SSSR count). The first kappa shape index (κ1) is 18.5. The predicted molar refractivity (Wildman–Crippen MR) is 113 cm³/mol. The molecule has 154 valence electrons. The number of carbonyl (C=O) groups excluding carboxylic acids is 1. The Labute approximate surface area is 173 Å². The zero-order valence-electron chi connectivity index (χ0n) is 16.4. The maximum atomic E-state index is 13.5. The Kier molecular flexibility index (Phi) is 4.78. The van der Waals surface area contributed by atoms with Crippen LogP contribution in [0.2, 0.25) is 0 Å². The Bertz CT molecular complexity index is 1090. The van der Waals surface area contributed by atoms with Crippen LogP contribution in [0.1, 0.15) is 17.8 Å². The van der Waals surface area contributed by atoms with Gasteiger partial charge in [0.15, 0.2) is 5.65 Å². The molecular formula is C21H22FN7O. The minimum absolute atomic E-state index is 0.0284. The lowest BCUT2D eigenvalue weighted by Gasteiger charge is -2.28. The number of nitrogens with zero attached hydrogens (tertiary/aromatic N) is 6. The lowest BCUT2D eigenvalue weighted by molar-refractivity contribution is -0.120. The summed E-state index contributed by atoms with van der Waals surface area (Å²) < 4.78 is 15.3. The third kappa shape index (κ3) is 3.70. The molecule has 0 bridgehead atoms. The molecule has 1 N–H and O–H groups in total. The molecule has 9 heteroatoms. The van der Waals surface area contributed by atoms with E-state index in [9.17, 15) is 9.18 Å². The van der Waals surface area contributed by atoms with Crippen molar-refractivity contribution in [2.45, 2.75) is 12.6 Å². The molecule has 0 saturated carbocycles. The van der Waals surface area contributed by atoms with Crippen molar-refractivity contribution in [3.63, 3.8) is 0 Å². The molecule has 2 saturated heterocycles. The van der Waals surface area contributed by atoms with Crippen LogP contribution in [0, 0.1) is 0 Å². The van der Waals surface area contributed by atoms with Crippen LogP contribution in [-0.2, 0) is 4.79 Å². The summed E-state index contributed by atoms with van der Waals surface area (Å²) in [6.45, 7) is 2.83. The van der Waals surface area contributed by atoms with Gasteiger partial charge in [0.2, 0.25) is 5.91 Å². The third-order valence-electron chi connectivity index (χ3n) is 5.43. The van der Waals surface area contributed by atoms with Gasteiger partial charge in [-0.05, 0) is 42.8 Å². The number of alkyl halides is 1. The average Bonchev–Trinajstić information content (AvgIpc) is 3.38. The van der Waals surface area contributed by atoms with Crippen molar-refractivity contribution in [1.82, 2.24) is 24.9 Å². The number of piperazine rings is 1. The van der Waals surface area contributed by atoms with E-state index >= 15 is 0 Å². The van der Waals surface area contributed by atoms with Gasteiger partial charge in [0.1, 0.15) is 12.0 Å². The van der Waals surface area contributed by atoms with Crippen LogP contribution in [0.4, 0.5) is 15.9 Å². The summed E-state index contributed by atoms with van der Waals surface area (Å²) in [7, 11) is 0. The molecule has 0 spiro atoms. The maximum absolute atomic E-state index is 13.5. The molecule has 3 aromatic rings. The number of hydrogen-bond acceptors (Lipinski definition) is 6. The SMILES string of the molecule is O=C1CN(c2ccc(/C=C/c3cnc4ccc(N5CCC(F)C5)nn34)nc2)CCN1. The summed E-state index contributed by atoms with van der Waals surface area (Å²) in [6, 6.07) is 7.67. The van der Waals surface area contributed by atoms with Crippen molar-refractivity contribution in [2.75, 3.05) is 42.5 Å². The fourth-order valence-corrected chi connectivity index (χ4v) is 3.80. The molecule has 1 atom stereocenters. The number of anilines is 2. The zero-order chi connectivity index (χ0) is 20.5. The summed E-state index contributed by atoms with van der Waals surface area (Å²) >= 11 is 0. The number of hydrogen-bond donors (Lipinski definition) is 1. The molecule has 2 fully saturated rings. The van der Waals surface area contributed by atoms with Gasteiger partial charge in [-0.2, -0.15) is 0 Å². The van der Waals surface area contributed by atoms with E-state index in [1.165, 1.54) is 0 Å². The highest BCUT2D eigenvalue weighted by Crippen LogP contribution is 2.21. The van der Waals surface area contributed by atoms with Crippen LogP contribution in [0.5, 0.6) is 0 Å². The highest BCUT2D eigenvalue weighted by Gasteiger charge is 2.23. The number of imidazole rings is 1. The van der Waals surface area contributed by atoms with Gasteiger partial charge in [-0.3, -0.25) is 9.78 Å². The number of nitrogens with one attached hydrogen (secondary N) is 1. The van der Waals surface area contributed by atoms with Crippen LogP contribution >= 0.6 is 0 Å². The second-order valence-corrected chi connectivity index (χ2v) is 7.52. The minimum Gasteiger partial charge on any atom is -0.359 e. The van der Waals surface area contributed by atoms with Gasteiger partial charge in [-0.15, -0.1) is 5.10 Å². The third-order valence-corrected chi connectivity index (χ3v) is 5.43. The standard InChI is InChI=1S/C21H22FN7O/c22-15-7-9-28(13-15)20-6-5-19-25-12-18(29(19)26-20)4-2-16-1-3-17(11-24-16)27-10-8-23-21(30)14-27/h1-6,11-12,15H,7-10,13-14H2,(H,23,30)/b4-2+. The lowest BCUT2D eigenvalue weighted by atomic mass is 10.2. The number of fused-ring (bicyclic) bond motifs is 1. The van der Waals surface area contributed by atoms with Gasteiger partial charge >= 0.3 is 0 Å². The molecule has 2 aliphatic rings. The van der Waals surface area contributed by atoms with E-state index in [0.29, 0.717) is 32.6 Å². The number of aromatic nitrogens is 4. The molecule has 5 heterocycles. The Hall–Kier alpha value is -3.49. The van der Waals surface area contributed by atoms with Crippen LogP contribution in [0.3, 0.4) is 0 Å². The van der Waals surface area contributed by atoms with E-state index in [4.69, 9.17) is 0 Å². The van der Waals surface area contributed by atoms with Crippen molar-refractivity contribution < 1.29 is 9.18 Å². The predicted octanol–water partition coefficient (Wildman–Crippen LogP) is 1.78. The van der Waals surface area contributed by atoms with E-state index in [-0.39, 0.29) is 5.91 Å². The molecule has 1 amide bonds. The van der Waals surface area contributed by atoms with Gasteiger partial charge in [0, 0.05) is 19.6 Å². The van der Waals surface area contributed by atoms with Crippen LogP contribution in [0.25, 0.3) is 17.8 Å². The first-order chi connectivity index (χ1) is 14.7. The molecular weight excluding hydrogens is 385 g/mol. The van der Waals surface area contributed by atoms with Gasteiger partial charge < -0.3 is 15.1 Å². The Balaban J connectivity index is 1.34. The maximum Gasteiger partial charge on any atom is 0.239 e. The molecule has 1 unspecified atom stereocenters. The smallest absolute Gasteiger partial charge is 0.239 e. The number of pyridine rings is 1. The lowest BCUT2D eigenvalue weighted by Crippen LogP contribution is -2.47. The highest BCUT2D eigenvalue weighted by atomic mass is 19.1. The summed E-state index contributed by atoms with van der Waals surface area (Å²) in [4.78, 5) is 24.4. The number of rotatable bonds is 4. The van der Waals surface area contributed by atoms with Crippen molar-refractivity contribution in [1.29, 1.82) is 0 Å². The van der Waals surface area contributed by atoms with Crippen LogP contribution < -0.4 is 15.1 Å². The van der Waals surface area contributed by atoms with E-state index in [2.05, 4.69) is 20.4 Å². The van der Waals surface area contributed by atoms with Crippen LogP contribution in [-0.4, -0.2) is 64.4 Å². The second kappa shape index (κ2) is 7.74. The van der Waals surface area contributed by atoms with Gasteiger partial charge in [-0.1, -0.05) is 0 Å². The normalized spacial score (nSPS) is 19.8. The molecule has 8 nitrogen and oxygen atoms in total. The number of halogens is 1. The Morgan fingerprint density at radius 3 is 2.77 bits per heavy atom. The summed E-state index contributed by atoms with van der Waals surface area (Å²) in [5.74, 6) is 0.781. The fraction of sp³-hybridized carbons (Fsp3) is 0.333. The highest BCUT2D eigenvalue weighted by molar-refractivity contribution is 5.82. The average molecular weight is 407 g/mol. The van der Waals surface area contributed by atoms with E-state index in [1.54, 1.807) is 16.9 Å². The van der Waals surface area contributed by atoms with E-state index in [1.807, 2.05) is 46.2 Å².